The Hall–Kier alpha value is -2.03. The average Bonchev–Trinajstić information content (AvgIpc) is 3.06. The van der Waals surface area contributed by atoms with E-state index in [0.717, 1.165) is 48.2 Å². The third-order valence-electron chi connectivity index (χ3n) is 4.67. The summed E-state index contributed by atoms with van der Waals surface area (Å²) in [6.07, 6.45) is 3.36. The van der Waals surface area contributed by atoms with Gasteiger partial charge in [-0.2, -0.15) is 16.9 Å². The lowest BCUT2D eigenvalue weighted by Gasteiger charge is -2.36. The number of anilines is 1. The van der Waals surface area contributed by atoms with E-state index < -0.39 is 0 Å². The Bertz CT molecular complexity index is 772. The summed E-state index contributed by atoms with van der Waals surface area (Å²) in [5, 5.41) is 12.7. The van der Waals surface area contributed by atoms with Gasteiger partial charge in [0.1, 0.15) is 12.1 Å². The zero-order valence-corrected chi connectivity index (χ0v) is 17.5. The van der Waals surface area contributed by atoms with Crippen LogP contribution in [-0.2, 0) is 7.05 Å². The van der Waals surface area contributed by atoms with Gasteiger partial charge in [-0.15, -0.1) is 0 Å². The van der Waals surface area contributed by atoms with Gasteiger partial charge in [-0.05, 0) is 12.8 Å². The molecule has 1 fully saturated rings. The summed E-state index contributed by atoms with van der Waals surface area (Å²) in [6.45, 7) is 11.1. The number of nitrogens with one attached hydrogen (secondary N) is 2. The largest absolute Gasteiger partial charge is 0.367 e. The van der Waals surface area contributed by atoms with Gasteiger partial charge in [-0.3, -0.25) is 9.67 Å². The fraction of sp³-hybridized carbons (Fsp3) is 0.667. The molecule has 0 saturated carbocycles. The number of thioether (sulfide) groups is 1. The second kappa shape index (κ2) is 9.25. The fourth-order valence-electron chi connectivity index (χ4n) is 3.14. The molecule has 2 N–H and O–H groups in total. The van der Waals surface area contributed by atoms with Crippen LogP contribution in [0.1, 0.15) is 20.8 Å². The highest BCUT2D eigenvalue weighted by atomic mass is 32.2. The number of nitrogens with zero attached hydrogens (tertiary/aromatic N) is 6. The second-order valence-electron chi connectivity index (χ2n) is 6.99. The third kappa shape index (κ3) is 4.82. The molecule has 1 atom stereocenters. The quantitative estimate of drug-likeness (QED) is 0.442. The molecule has 1 aliphatic rings. The SMILES string of the molecule is CCNC(=NCCNc1ncnc2c1cnn2C)N1CCSC(C(C)C)C1. The molecular formula is C18H30N8S. The van der Waals surface area contributed by atoms with E-state index in [9.17, 15) is 0 Å². The highest BCUT2D eigenvalue weighted by Crippen LogP contribution is 2.24. The smallest absolute Gasteiger partial charge is 0.194 e. The highest BCUT2D eigenvalue weighted by Gasteiger charge is 2.24. The van der Waals surface area contributed by atoms with E-state index in [4.69, 9.17) is 4.99 Å². The van der Waals surface area contributed by atoms with E-state index in [-0.39, 0.29) is 0 Å². The molecule has 0 spiro atoms. The van der Waals surface area contributed by atoms with Crippen LogP contribution in [0.3, 0.4) is 0 Å². The number of guanidine groups is 1. The van der Waals surface area contributed by atoms with Crippen molar-refractivity contribution in [3.05, 3.63) is 12.5 Å². The molecule has 1 saturated heterocycles. The standard InChI is InChI=1S/C18H30N8S/c1-5-19-18(26-8-9-27-15(11-26)13(2)3)21-7-6-20-16-14-10-24-25(4)17(14)23-12-22-16/h10,12-13,15H,5-9,11H2,1-4H3,(H,19,21)(H,20,22,23). The first kappa shape index (κ1) is 19.7. The average molecular weight is 391 g/mol. The molecule has 2 aromatic rings. The molecule has 0 bridgehead atoms. The Morgan fingerprint density at radius 1 is 1.41 bits per heavy atom. The van der Waals surface area contributed by atoms with Crippen molar-refractivity contribution in [2.45, 2.75) is 26.0 Å². The topological polar surface area (TPSA) is 83.3 Å². The number of fused-ring (bicyclic) bond motifs is 1. The molecule has 2 aromatic heterocycles. The van der Waals surface area contributed by atoms with Crippen LogP contribution in [0.2, 0.25) is 0 Å². The Labute approximate surface area is 165 Å². The van der Waals surface area contributed by atoms with Crippen molar-refractivity contribution in [1.82, 2.24) is 30.0 Å². The third-order valence-corrected chi connectivity index (χ3v) is 6.21. The molecule has 0 aromatic carbocycles. The number of rotatable bonds is 6. The number of aryl methyl sites for hydroxylation is 1. The van der Waals surface area contributed by atoms with Gasteiger partial charge in [0.15, 0.2) is 11.6 Å². The van der Waals surface area contributed by atoms with E-state index in [1.54, 1.807) is 17.2 Å². The molecule has 9 heteroatoms. The van der Waals surface area contributed by atoms with Crippen LogP contribution in [0, 0.1) is 5.92 Å². The maximum atomic E-state index is 4.83. The first-order valence-corrected chi connectivity index (χ1v) is 10.7. The van der Waals surface area contributed by atoms with Gasteiger partial charge in [-0.25, -0.2) is 9.97 Å². The van der Waals surface area contributed by atoms with E-state index in [1.807, 2.05) is 7.05 Å². The van der Waals surface area contributed by atoms with Crippen molar-refractivity contribution in [2.24, 2.45) is 18.0 Å². The lowest BCUT2D eigenvalue weighted by Crippen LogP contribution is -2.49. The molecule has 1 unspecified atom stereocenters. The molecule has 0 aliphatic carbocycles. The van der Waals surface area contributed by atoms with Crippen LogP contribution in [0.5, 0.6) is 0 Å². The molecule has 3 rings (SSSR count). The molecule has 1 aliphatic heterocycles. The van der Waals surface area contributed by atoms with Gasteiger partial charge in [0.2, 0.25) is 0 Å². The van der Waals surface area contributed by atoms with Crippen molar-refractivity contribution >= 4 is 34.6 Å². The van der Waals surface area contributed by atoms with E-state index in [1.165, 1.54) is 0 Å². The Kier molecular flexibility index (Phi) is 6.76. The molecule has 148 valence electrons. The predicted octanol–water partition coefficient (Wildman–Crippen LogP) is 1.81. The minimum absolute atomic E-state index is 0.667. The van der Waals surface area contributed by atoms with Crippen LogP contribution in [0.25, 0.3) is 11.0 Å². The zero-order valence-electron chi connectivity index (χ0n) is 16.6. The summed E-state index contributed by atoms with van der Waals surface area (Å²) < 4.78 is 1.75. The lowest BCUT2D eigenvalue weighted by atomic mass is 10.1. The van der Waals surface area contributed by atoms with Crippen LogP contribution < -0.4 is 10.6 Å². The van der Waals surface area contributed by atoms with E-state index in [2.05, 4.69) is 63.1 Å². The van der Waals surface area contributed by atoms with E-state index >= 15 is 0 Å². The zero-order chi connectivity index (χ0) is 19.2. The van der Waals surface area contributed by atoms with Crippen molar-refractivity contribution < 1.29 is 0 Å². The molecule has 27 heavy (non-hydrogen) atoms. The van der Waals surface area contributed by atoms with Crippen molar-refractivity contribution in [2.75, 3.05) is 43.8 Å². The first-order chi connectivity index (χ1) is 13.1. The van der Waals surface area contributed by atoms with E-state index in [0.29, 0.717) is 24.3 Å². The summed E-state index contributed by atoms with van der Waals surface area (Å²) in [6, 6.07) is 0. The predicted molar refractivity (Wildman–Crippen MR) is 113 cm³/mol. The summed E-state index contributed by atoms with van der Waals surface area (Å²) in [7, 11) is 1.88. The number of aromatic nitrogens is 4. The number of aliphatic imine (C=N–C) groups is 1. The number of hydrogen-bond donors (Lipinski definition) is 2. The van der Waals surface area contributed by atoms with Gasteiger partial charge in [-0.1, -0.05) is 13.8 Å². The van der Waals surface area contributed by atoms with Crippen molar-refractivity contribution in [3.8, 4) is 0 Å². The second-order valence-corrected chi connectivity index (χ2v) is 8.34. The Morgan fingerprint density at radius 2 is 2.26 bits per heavy atom. The maximum absolute atomic E-state index is 4.83. The summed E-state index contributed by atoms with van der Waals surface area (Å²) in [5.74, 6) is 3.66. The van der Waals surface area contributed by atoms with Crippen LogP contribution in [0.15, 0.2) is 17.5 Å². The molecule has 8 nitrogen and oxygen atoms in total. The first-order valence-electron chi connectivity index (χ1n) is 9.61. The van der Waals surface area contributed by atoms with Crippen LogP contribution in [-0.4, -0.2) is 74.3 Å². The van der Waals surface area contributed by atoms with Gasteiger partial charge < -0.3 is 15.5 Å². The molecular weight excluding hydrogens is 360 g/mol. The van der Waals surface area contributed by atoms with Crippen LogP contribution >= 0.6 is 11.8 Å². The minimum Gasteiger partial charge on any atom is -0.367 e. The Morgan fingerprint density at radius 3 is 3.04 bits per heavy atom. The minimum atomic E-state index is 0.667. The highest BCUT2D eigenvalue weighted by molar-refractivity contribution is 8.00. The molecule has 0 radical (unpaired) electrons. The fourth-order valence-corrected chi connectivity index (χ4v) is 4.43. The number of hydrogen-bond acceptors (Lipinski definition) is 6. The van der Waals surface area contributed by atoms with Gasteiger partial charge in [0.05, 0.1) is 18.1 Å². The summed E-state index contributed by atoms with van der Waals surface area (Å²) in [4.78, 5) is 15.8. The summed E-state index contributed by atoms with van der Waals surface area (Å²) in [5.41, 5.74) is 0.829. The summed E-state index contributed by atoms with van der Waals surface area (Å²) >= 11 is 2.08. The van der Waals surface area contributed by atoms with Gasteiger partial charge in [0.25, 0.3) is 0 Å². The Balaban J connectivity index is 1.60. The lowest BCUT2D eigenvalue weighted by molar-refractivity contribution is 0.381. The van der Waals surface area contributed by atoms with Gasteiger partial charge in [0, 0.05) is 44.2 Å². The monoisotopic (exact) mass is 390 g/mol. The van der Waals surface area contributed by atoms with Crippen molar-refractivity contribution in [3.63, 3.8) is 0 Å². The van der Waals surface area contributed by atoms with Gasteiger partial charge >= 0.3 is 0 Å². The molecule has 0 amide bonds. The van der Waals surface area contributed by atoms with Crippen LogP contribution in [0.4, 0.5) is 5.82 Å². The maximum Gasteiger partial charge on any atom is 0.194 e. The van der Waals surface area contributed by atoms with Crippen molar-refractivity contribution in [1.29, 1.82) is 0 Å². The normalized spacial score (nSPS) is 18.3. The molecule has 3 heterocycles.